The SMILES string of the molecule is C=CC1=CCCCN(S(=O)(=O)c2ccc(C)cc2)C1. The third-order valence-electron chi connectivity index (χ3n) is 3.30. The van der Waals surface area contributed by atoms with Crippen molar-refractivity contribution in [2.45, 2.75) is 24.7 Å². The Morgan fingerprint density at radius 1 is 1.26 bits per heavy atom. The summed E-state index contributed by atoms with van der Waals surface area (Å²) in [6.45, 7) is 6.66. The van der Waals surface area contributed by atoms with Gasteiger partial charge in [-0.05, 0) is 37.5 Å². The molecule has 1 heterocycles. The Kier molecular flexibility index (Phi) is 4.22. The number of hydrogen-bond donors (Lipinski definition) is 0. The summed E-state index contributed by atoms with van der Waals surface area (Å²) < 4.78 is 26.7. The zero-order valence-corrected chi connectivity index (χ0v) is 12.0. The van der Waals surface area contributed by atoms with Crippen LogP contribution in [0.1, 0.15) is 18.4 Å². The van der Waals surface area contributed by atoms with Crippen LogP contribution in [0.15, 0.2) is 53.5 Å². The Bertz CT molecular complexity index is 585. The van der Waals surface area contributed by atoms with Crippen LogP contribution in [0.2, 0.25) is 0 Å². The van der Waals surface area contributed by atoms with Gasteiger partial charge in [-0.25, -0.2) is 8.42 Å². The quantitative estimate of drug-likeness (QED) is 0.852. The first-order chi connectivity index (χ1) is 9.04. The molecule has 19 heavy (non-hydrogen) atoms. The van der Waals surface area contributed by atoms with Crippen molar-refractivity contribution in [1.82, 2.24) is 4.31 Å². The van der Waals surface area contributed by atoms with E-state index in [1.807, 2.05) is 19.1 Å². The van der Waals surface area contributed by atoms with Gasteiger partial charge >= 0.3 is 0 Å². The van der Waals surface area contributed by atoms with Crippen molar-refractivity contribution >= 4 is 10.0 Å². The number of rotatable bonds is 3. The topological polar surface area (TPSA) is 37.4 Å². The van der Waals surface area contributed by atoms with E-state index in [9.17, 15) is 8.42 Å². The van der Waals surface area contributed by atoms with Crippen LogP contribution in [0.3, 0.4) is 0 Å². The van der Waals surface area contributed by atoms with Crippen molar-refractivity contribution in [3.63, 3.8) is 0 Å². The van der Waals surface area contributed by atoms with Gasteiger partial charge in [0.2, 0.25) is 10.0 Å². The van der Waals surface area contributed by atoms with Crippen molar-refractivity contribution in [3.05, 3.63) is 54.1 Å². The van der Waals surface area contributed by atoms with Crippen molar-refractivity contribution < 1.29 is 8.42 Å². The highest BCUT2D eigenvalue weighted by molar-refractivity contribution is 7.89. The molecule has 0 radical (unpaired) electrons. The van der Waals surface area contributed by atoms with E-state index in [4.69, 9.17) is 0 Å². The summed E-state index contributed by atoms with van der Waals surface area (Å²) in [5.41, 5.74) is 2.04. The van der Waals surface area contributed by atoms with Crippen LogP contribution in [0, 0.1) is 6.92 Å². The van der Waals surface area contributed by atoms with Crippen LogP contribution in [0.5, 0.6) is 0 Å². The molecule has 1 aliphatic rings. The molecule has 4 heteroatoms. The molecule has 1 aliphatic heterocycles. The summed E-state index contributed by atoms with van der Waals surface area (Å²) in [5.74, 6) is 0. The van der Waals surface area contributed by atoms with Crippen molar-refractivity contribution in [1.29, 1.82) is 0 Å². The molecule has 0 unspecified atom stereocenters. The number of hydrogen-bond acceptors (Lipinski definition) is 2. The fraction of sp³-hybridized carbons (Fsp3) is 0.333. The Morgan fingerprint density at radius 3 is 2.58 bits per heavy atom. The van der Waals surface area contributed by atoms with E-state index in [-0.39, 0.29) is 0 Å². The second-order valence-corrected chi connectivity index (χ2v) is 6.71. The lowest BCUT2D eigenvalue weighted by molar-refractivity contribution is 0.439. The second kappa shape index (κ2) is 5.72. The highest BCUT2D eigenvalue weighted by Gasteiger charge is 2.25. The molecule has 1 aromatic rings. The number of aryl methyl sites for hydroxylation is 1. The van der Waals surface area contributed by atoms with Gasteiger partial charge in [0.05, 0.1) is 4.90 Å². The van der Waals surface area contributed by atoms with Crippen molar-refractivity contribution in [2.24, 2.45) is 0 Å². The lowest BCUT2D eigenvalue weighted by atomic mass is 10.2. The Labute approximate surface area is 115 Å². The molecule has 2 rings (SSSR count). The van der Waals surface area contributed by atoms with Gasteiger partial charge in [0.1, 0.15) is 0 Å². The molecule has 0 fully saturated rings. The summed E-state index contributed by atoms with van der Waals surface area (Å²) in [7, 11) is -3.40. The largest absolute Gasteiger partial charge is 0.243 e. The summed E-state index contributed by atoms with van der Waals surface area (Å²) in [4.78, 5) is 0.364. The second-order valence-electron chi connectivity index (χ2n) is 4.78. The van der Waals surface area contributed by atoms with Crippen LogP contribution >= 0.6 is 0 Å². The van der Waals surface area contributed by atoms with E-state index < -0.39 is 10.0 Å². The Morgan fingerprint density at radius 2 is 1.95 bits per heavy atom. The van der Waals surface area contributed by atoms with Gasteiger partial charge < -0.3 is 0 Å². The van der Waals surface area contributed by atoms with Crippen LogP contribution in [-0.4, -0.2) is 25.8 Å². The van der Waals surface area contributed by atoms with Gasteiger partial charge in [0, 0.05) is 13.1 Å². The maximum Gasteiger partial charge on any atom is 0.243 e. The predicted molar refractivity (Wildman–Crippen MR) is 77.5 cm³/mol. The molecule has 0 aliphatic carbocycles. The predicted octanol–water partition coefficient (Wildman–Crippen LogP) is 2.89. The zero-order valence-electron chi connectivity index (χ0n) is 11.2. The maximum absolute atomic E-state index is 12.6. The standard InChI is InChI=1S/C15H19NO2S/c1-3-14-6-4-5-11-16(12-14)19(17,18)15-9-7-13(2)8-10-15/h3,6-10H,1,4-5,11-12H2,2H3. The van der Waals surface area contributed by atoms with Gasteiger partial charge in [-0.3, -0.25) is 0 Å². The van der Waals surface area contributed by atoms with Crippen LogP contribution in [0.4, 0.5) is 0 Å². The van der Waals surface area contributed by atoms with E-state index in [1.54, 1.807) is 18.2 Å². The minimum absolute atomic E-state index is 0.364. The first-order valence-electron chi connectivity index (χ1n) is 6.42. The third kappa shape index (κ3) is 3.14. The van der Waals surface area contributed by atoms with Crippen LogP contribution < -0.4 is 0 Å². The molecule has 0 atom stereocenters. The van der Waals surface area contributed by atoms with Crippen molar-refractivity contribution in [3.8, 4) is 0 Å². The lowest BCUT2D eigenvalue weighted by Crippen LogP contribution is -2.32. The summed E-state index contributed by atoms with van der Waals surface area (Å²) >= 11 is 0. The molecule has 3 nitrogen and oxygen atoms in total. The minimum atomic E-state index is -3.40. The average Bonchev–Trinajstić information content (AvgIpc) is 2.65. The summed E-state index contributed by atoms with van der Waals surface area (Å²) in [6.07, 6.45) is 5.56. The molecule has 0 amide bonds. The lowest BCUT2D eigenvalue weighted by Gasteiger charge is -2.21. The highest BCUT2D eigenvalue weighted by atomic mass is 32.2. The van der Waals surface area contributed by atoms with Gasteiger partial charge in [0.15, 0.2) is 0 Å². The van der Waals surface area contributed by atoms with E-state index in [0.29, 0.717) is 18.0 Å². The first kappa shape index (κ1) is 14.0. The number of sulfonamides is 1. The molecule has 0 bridgehead atoms. The molecule has 0 spiro atoms. The van der Waals surface area contributed by atoms with Crippen LogP contribution in [0.25, 0.3) is 0 Å². The van der Waals surface area contributed by atoms with Crippen LogP contribution in [-0.2, 0) is 10.0 Å². The molecule has 1 aromatic carbocycles. The minimum Gasteiger partial charge on any atom is -0.207 e. The smallest absolute Gasteiger partial charge is 0.207 e. The van der Waals surface area contributed by atoms with Gasteiger partial charge in [-0.1, -0.05) is 36.4 Å². The maximum atomic E-state index is 12.6. The first-order valence-corrected chi connectivity index (χ1v) is 7.86. The fourth-order valence-electron chi connectivity index (χ4n) is 2.11. The summed E-state index contributed by atoms with van der Waals surface area (Å²) in [5, 5.41) is 0. The zero-order chi connectivity index (χ0) is 13.9. The van der Waals surface area contributed by atoms with E-state index >= 15 is 0 Å². The van der Waals surface area contributed by atoms with E-state index in [0.717, 1.165) is 24.0 Å². The average molecular weight is 277 g/mol. The van der Waals surface area contributed by atoms with E-state index in [1.165, 1.54) is 4.31 Å². The third-order valence-corrected chi connectivity index (χ3v) is 5.16. The molecule has 0 aromatic heterocycles. The van der Waals surface area contributed by atoms with Gasteiger partial charge in [-0.15, -0.1) is 0 Å². The Balaban J connectivity index is 2.31. The molecule has 0 saturated heterocycles. The molecular weight excluding hydrogens is 258 g/mol. The Hall–Kier alpha value is -1.39. The van der Waals surface area contributed by atoms with Gasteiger partial charge in [-0.2, -0.15) is 4.31 Å². The monoisotopic (exact) mass is 277 g/mol. The molecular formula is C15H19NO2S. The molecule has 102 valence electrons. The fourth-order valence-corrected chi connectivity index (χ4v) is 3.58. The summed E-state index contributed by atoms with van der Waals surface area (Å²) in [6, 6.07) is 7.00. The van der Waals surface area contributed by atoms with Crippen molar-refractivity contribution in [2.75, 3.05) is 13.1 Å². The van der Waals surface area contributed by atoms with E-state index in [2.05, 4.69) is 12.7 Å². The number of nitrogens with zero attached hydrogens (tertiary/aromatic N) is 1. The highest BCUT2D eigenvalue weighted by Crippen LogP contribution is 2.21. The number of benzene rings is 1. The molecule has 0 N–H and O–H groups in total. The van der Waals surface area contributed by atoms with Gasteiger partial charge in [0.25, 0.3) is 0 Å². The number of allylic oxidation sites excluding steroid dienone is 1. The normalized spacial score (nSPS) is 17.6. The molecule has 0 saturated carbocycles.